The first-order valence-corrected chi connectivity index (χ1v) is 4.69. The number of aliphatic hydroxyl groups is 1. The van der Waals surface area contributed by atoms with Gasteiger partial charge >= 0.3 is 0 Å². The topological polar surface area (TPSA) is 58.3 Å². The maximum absolute atomic E-state index is 9.39. The third-order valence-electron chi connectivity index (χ3n) is 2.27. The SMILES string of the molecule is CC(O)c1ccc(-c2nccn2O)cc1. The minimum Gasteiger partial charge on any atom is -0.427 e. The fourth-order valence-electron chi connectivity index (χ4n) is 1.41. The average Bonchev–Trinajstić information content (AvgIpc) is 2.65. The second kappa shape index (κ2) is 3.74. The molecule has 0 aliphatic rings. The first-order chi connectivity index (χ1) is 7.18. The van der Waals surface area contributed by atoms with Gasteiger partial charge in [-0.3, -0.25) is 0 Å². The van der Waals surface area contributed by atoms with Gasteiger partial charge in [0, 0.05) is 11.8 Å². The van der Waals surface area contributed by atoms with E-state index in [4.69, 9.17) is 0 Å². The fraction of sp³-hybridized carbons (Fsp3) is 0.182. The highest BCUT2D eigenvalue weighted by Gasteiger charge is 2.05. The van der Waals surface area contributed by atoms with Crippen LogP contribution in [0.2, 0.25) is 0 Å². The molecule has 2 rings (SSSR count). The number of rotatable bonds is 2. The molecule has 1 aromatic heterocycles. The lowest BCUT2D eigenvalue weighted by molar-refractivity contribution is 0.191. The molecule has 2 aromatic rings. The maximum atomic E-state index is 9.39. The average molecular weight is 204 g/mol. The Bertz CT molecular complexity index is 446. The van der Waals surface area contributed by atoms with Gasteiger partial charge in [-0.2, -0.15) is 4.73 Å². The maximum Gasteiger partial charge on any atom is 0.175 e. The van der Waals surface area contributed by atoms with Gasteiger partial charge in [0.1, 0.15) is 0 Å². The molecule has 1 aromatic carbocycles. The van der Waals surface area contributed by atoms with Crippen LogP contribution in [0.25, 0.3) is 11.4 Å². The molecule has 0 aliphatic carbocycles. The van der Waals surface area contributed by atoms with Gasteiger partial charge in [-0.15, -0.1) is 0 Å². The number of aliphatic hydroxyl groups excluding tert-OH is 1. The van der Waals surface area contributed by atoms with Crippen molar-refractivity contribution in [2.24, 2.45) is 0 Å². The molecule has 0 fully saturated rings. The highest BCUT2D eigenvalue weighted by atomic mass is 16.5. The fourth-order valence-corrected chi connectivity index (χ4v) is 1.41. The second-order valence-corrected chi connectivity index (χ2v) is 3.39. The van der Waals surface area contributed by atoms with Crippen molar-refractivity contribution < 1.29 is 10.3 Å². The Labute approximate surface area is 87.4 Å². The minimum atomic E-state index is -0.479. The number of aromatic nitrogens is 2. The first kappa shape index (κ1) is 9.73. The molecular weight excluding hydrogens is 192 g/mol. The minimum absolute atomic E-state index is 0.479. The van der Waals surface area contributed by atoms with Crippen LogP contribution in [0.5, 0.6) is 0 Å². The summed E-state index contributed by atoms with van der Waals surface area (Å²) < 4.78 is 0.970. The van der Waals surface area contributed by atoms with Crippen molar-refractivity contribution in [2.75, 3.05) is 0 Å². The Morgan fingerprint density at radius 1 is 1.27 bits per heavy atom. The lowest BCUT2D eigenvalue weighted by Gasteiger charge is -2.05. The highest BCUT2D eigenvalue weighted by molar-refractivity contribution is 5.55. The van der Waals surface area contributed by atoms with Crippen LogP contribution in [0.4, 0.5) is 0 Å². The van der Waals surface area contributed by atoms with Crippen LogP contribution in [0.1, 0.15) is 18.6 Å². The van der Waals surface area contributed by atoms with Crippen molar-refractivity contribution in [3.8, 4) is 11.4 Å². The van der Waals surface area contributed by atoms with Gasteiger partial charge in [0.2, 0.25) is 0 Å². The molecule has 1 unspecified atom stereocenters. The van der Waals surface area contributed by atoms with E-state index in [0.29, 0.717) is 5.82 Å². The van der Waals surface area contributed by atoms with Gasteiger partial charge in [-0.1, -0.05) is 24.3 Å². The van der Waals surface area contributed by atoms with Gasteiger partial charge < -0.3 is 10.3 Å². The van der Waals surface area contributed by atoms with Crippen molar-refractivity contribution in [2.45, 2.75) is 13.0 Å². The number of hydrogen-bond donors (Lipinski definition) is 2. The van der Waals surface area contributed by atoms with Crippen LogP contribution >= 0.6 is 0 Å². The second-order valence-electron chi connectivity index (χ2n) is 3.39. The normalized spacial score (nSPS) is 12.7. The summed E-state index contributed by atoms with van der Waals surface area (Å²) in [6, 6.07) is 7.26. The molecule has 4 nitrogen and oxygen atoms in total. The molecule has 0 spiro atoms. The smallest absolute Gasteiger partial charge is 0.175 e. The first-order valence-electron chi connectivity index (χ1n) is 4.69. The summed E-state index contributed by atoms with van der Waals surface area (Å²) in [7, 11) is 0. The summed E-state index contributed by atoms with van der Waals surface area (Å²) in [5.41, 5.74) is 1.65. The van der Waals surface area contributed by atoms with E-state index in [2.05, 4.69) is 4.98 Å². The highest BCUT2D eigenvalue weighted by Crippen LogP contribution is 2.19. The molecular formula is C11H12N2O2. The van der Waals surface area contributed by atoms with Crippen molar-refractivity contribution in [1.29, 1.82) is 0 Å². The number of benzene rings is 1. The van der Waals surface area contributed by atoms with E-state index < -0.39 is 6.10 Å². The zero-order valence-corrected chi connectivity index (χ0v) is 8.33. The monoisotopic (exact) mass is 204 g/mol. The zero-order chi connectivity index (χ0) is 10.8. The van der Waals surface area contributed by atoms with E-state index in [1.807, 2.05) is 24.3 Å². The van der Waals surface area contributed by atoms with E-state index >= 15 is 0 Å². The van der Waals surface area contributed by atoms with Crippen LogP contribution in [0, 0.1) is 0 Å². The lowest BCUT2D eigenvalue weighted by atomic mass is 10.1. The molecule has 0 saturated heterocycles. The van der Waals surface area contributed by atoms with Gasteiger partial charge in [0.15, 0.2) is 5.82 Å². The summed E-state index contributed by atoms with van der Waals surface area (Å²) in [5.74, 6) is 0.493. The van der Waals surface area contributed by atoms with Crippen LogP contribution in [-0.4, -0.2) is 20.0 Å². The molecule has 0 saturated carbocycles. The van der Waals surface area contributed by atoms with Crippen LogP contribution < -0.4 is 0 Å². The van der Waals surface area contributed by atoms with E-state index in [9.17, 15) is 10.3 Å². The molecule has 15 heavy (non-hydrogen) atoms. The lowest BCUT2D eigenvalue weighted by Crippen LogP contribution is -1.94. The zero-order valence-electron chi connectivity index (χ0n) is 8.33. The molecule has 0 bridgehead atoms. The molecule has 0 amide bonds. The molecule has 0 radical (unpaired) electrons. The molecule has 0 aliphatic heterocycles. The van der Waals surface area contributed by atoms with E-state index in [1.54, 1.807) is 6.92 Å². The van der Waals surface area contributed by atoms with E-state index in [-0.39, 0.29) is 0 Å². The standard InChI is InChI=1S/C11H12N2O2/c1-8(14)9-2-4-10(5-3-9)11-12-6-7-13(11)15/h2-8,14-15H,1H3. The third-order valence-corrected chi connectivity index (χ3v) is 2.27. The molecule has 78 valence electrons. The Hall–Kier alpha value is -1.81. The van der Waals surface area contributed by atoms with Crippen LogP contribution in [0.15, 0.2) is 36.7 Å². The van der Waals surface area contributed by atoms with Crippen LogP contribution in [-0.2, 0) is 0 Å². The number of hydrogen-bond acceptors (Lipinski definition) is 3. The van der Waals surface area contributed by atoms with Crippen molar-refractivity contribution in [3.63, 3.8) is 0 Å². The Kier molecular flexibility index (Phi) is 2.43. The predicted octanol–water partition coefficient (Wildman–Crippen LogP) is 1.84. The van der Waals surface area contributed by atoms with Crippen molar-refractivity contribution >= 4 is 0 Å². The largest absolute Gasteiger partial charge is 0.427 e. The molecule has 2 N–H and O–H groups in total. The molecule has 4 heteroatoms. The predicted molar refractivity (Wildman–Crippen MR) is 55.5 cm³/mol. The summed E-state index contributed by atoms with van der Waals surface area (Å²) in [6.45, 7) is 1.71. The number of nitrogens with zero attached hydrogens (tertiary/aromatic N) is 2. The summed E-state index contributed by atoms with van der Waals surface area (Å²) in [4.78, 5) is 4.01. The summed E-state index contributed by atoms with van der Waals surface area (Å²) in [5, 5.41) is 18.7. The van der Waals surface area contributed by atoms with Crippen molar-refractivity contribution in [3.05, 3.63) is 42.2 Å². The summed E-state index contributed by atoms with van der Waals surface area (Å²) >= 11 is 0. The van der Waals surface area contributed by atoms with E-state index in [0.717, 1.165) is 15.9 Å². The van der Waals surface area contributed by atoms with Gasteiger partial charge in [0.25, 0.3) is 0 Å². The Balaban J connectivity index is 2.36. The molecule has 1 atom stereocenters. The Morgan fingerprint density at radius 2 is 1.93 bits per heavy atom. The summed E-state index contributed by atoms with van der Waals surface area (Å²) in [6.07, 6.45) is 2.52. The third kappa shape index (κ3) is 1.85. The van der Waals surface area contributed by atoms with E-state index in [1.165, 1.54) is 12.4 Å². The van der Waals surface area contributed by atoms with Gasteiger partial charge in [-0.25, -0.2) is 4.98 Å². The van der Waals surface area contributed by atoms with Crippen molar-refractivity contribution in [1.82, 2.24) is 9.71 Å². The van der Waals surface area contributed by atoms with Crippen LogP contribution in [0.3, 0.4) is 0 Å². The number of imidazole rings is 1. The Morgan fingerprint density at radius 3 is 2.40 bits per heavy atom. The quantitative estimate of drug-likeness (QED) is 0.734. The van der Waals surface area contributed by atoms with Gasteiger partial charge in [-0.05, 0) is 12.5 Å². The van der Waals surface area contributed by atoms with Gasteiger partial charge in [0.05, 0.1) is 12.3 Å². The molecule has 1 heterocycles.